The van der Waals surface area contributed by atoms with E-state index in [2.05, 4.69) is 29.7 Å². The highest BCUT2D eigenvalue weighted by Crippen LogP contribution is 2.38. The number of halogens is 1. The Kier molecular flexibility index (Phi) is 9.20. The molecule has 0 aliphatic carbocycles. The first-order chi connectivity index (χ1) is 25.6. The van der Waals surface area contributed by atoms with Crippen LogP contribution in [0.2, 0.25) is 5.02 Å². The maximum atomic E-state index is 14.9. The summed E-state index contributed by atoms with van der Waals surface area (Å²) in [5, 5.41) is 10.4. The fourth-order valence-electron chi connectivity index (χ4n) is 7.95. The number of fused-ring (bicyclic) bond motifs is 3. The molecule has 0 unspecified atom stereocenters. The van der Waals surface area contributed by atoms with Crippen molar-refractivity contribution in [2.45, 2.75) is 64.8 Å². The van der Waals surface area contributed by atoms with Crippen LogP contribution in [0.5, 0.6) is 11.5 Å². The van der Waals surface area contributed by atoms with E-state index in [0.29, 0.717) is 47.2 Å². The van der Waals surface area contributed by atoms with Gasteiger partial charge in [0, 0.05) is 72.5 Å². The van der Waals surface area contributed by atoms with E-state index in [9.17, 15) is 19.5 Å². The van der Waals surface area contributed by atoms with Crippen molar-refractivity contribution >= 4 is 35.0 Å². The summed E-state index contributed by atoms with van der Waals surface area (Å²) >= 11 is 6.02. The summed E-state index contributed by atoms with van der Waals surface area (Å²) in [4.78, 5) is 47.8. The molecule has 10 heteroatoms. The molecule has 270 valence electrons. The Bertz CT molecular complexity index is 2230. The van der Waals surface area contributed by atoms with Crippen molar-refractivity contribution in [1.29, 1.82) is 0 Å². The number of carbonyl (C=O) groups excluding carboxylic acids is 3. The number of anilines is 1. The number of phenolic OH excluding ortho intramolecular Hbond substituents is 1. The Balaban J connectivity index is 1.17. The van der Waals surface area contributed by atoms with Gasteiger partial charge in [0.15, 0.2) is 6.61 Å². The number of rotatable bonds is 7. The van der Waals surface area contributed by atoms with Gasteiger partial charge in [0.25, 0.3) is 17.7 Å². The van der Waals surface area contributed by atoms with Crippen molar-refractivity contribution in [3.8, 4) is 22.8 Å². The molecule has 4 aromatic carbocycles. The first kappa shape index (κ1) is 34.5. The van der Waals surface area contributed by atoms with Crippen LogP contribution >= 0.6 is 11.6 Å². The van der Waals surface area contributed by atoms with Crippen molar-refractivity contribution < 1.29 is 24.2 Å². The minimum Gasteiger partial charge on any atom is -0.508 e. The van der Waals surface area contributed by atoms with Gasteiger partial charge in [-0.1, -0.05) is 35.9 Å². The van der Waals surface area contributed by atoms with Crippen LogP contribution in [0.15, 0.2) is 91.0 Å². The van der Waals surface area contributed by atoms with Gasteiger partial charge >= 0.3 is 0 Å². The SMILES string of the molecule is C[C@@H]1Cc2ccccc2CN1C(=O)c1cc2c(cc1-c1cc(C(=O)N(C)c3ccc(O)cc3)c3n1CCCC3)CN(C(=O)COc1ccc(Cl)cc1)C2. The van der Waals surface area contributed by atoms with Crippen LogP contribution in [0.25, 0.3) is 11.3 Å². The first-order valence-corrected chi connectivity index (χ1v) is 18.5. The molecule has 1 N–H and O–H groups in total. The summed E-state index contributed by atoms with van der Waals surface area (Å²) in [5.41, 5.74) is 8.68. The number of carbonyl (C=O) groups is 3. The zero-order valence-corrected chi connectivity index (χ0v) is 30.6. The Hall–Kier alpha value is -5.54. The zero-order chi connectivity index (χ0) is 36.8. The van der Waals surface area contributed by atoms with E-state index in [1.165, 1.54) is 5.56 Å². The highest BCUT2D eigenvalue weighted by molar-refractivity contribution is 6.30. The van der Waals surface area contributed by atoms with Crippen molar-refractivity contribution in [2.75, 3.05) is 18.6 Å². The van der Waals surface area contributed by atoms with Crippen LogP contribution in [0, 0.1) is 0 Å². The number of aromatic nitrogens is 1. The summed E-state index contributed by atoms with van der Waals surface area (Å²) in [6, 6.07) is 27.8. The largest absolute Gasteiger partial charge is 0.508 e. The van der Waals surface area contributed by atoms with Gasteiger partial charge in [0.05, 0.1) is 5.56 Å². The Morgan fingerprint density at radius 2 is 1.57 bits per heavy atom. The summed E-state index contributed by atoms with van der Waals surface area (Å²) in [7, 11) is 1.74. The van der Waals surface area contributed by atoms with Crippen molar-refractivity contribution in [3.63, 3.8) is 0 Å². The quantitative estimate of drug-likeness (QED) is 0.186. The number of benzene rings is 4. The van der Waals surface area contributed by atoms with Crippen LogP contribution in [-0.2, 0) is 43.8 Å². The first-order valence-electron chi connectivity index (χ1n) is 18.1. The highest BCUT2D eigenvalue weighted by atomic mass is 35.5. The van der Waals surface area contributed by atoms with Crippen LogP contribution in [-0.4, -0.2) is 56.9 Å². The predicted molar refractivity (Wildman–Crippen MR) is 204 cm³/mol. The van der Waals surface area contributed by atoms with Crippen molar-refractivity contribution in [3.05, 3.63) is 135 Å². The highest BCUT2D eigenvalue weighted by Gasteiger charge is 2.34. The average molecular weight is 729 g/mol. The maximum Gasteiger partial charge on any atom is 0.261 e. The number of hydrogen-bond donors (Lipinski definition) is 1. The summed E-state index contributed by atoms with van der Waals surface area (Å²) in [6.07, 6.45) is 3.43. The topological polar surface area (TPSA) is 95.3 Å². The lowest BCUT2D eigenvalue weighted by Gasteiger charge is -2.35. The fourth-order valence-corrected chi connectivity index (χ4v) is 8.07. The lowest BCUT2D eigenvalue weighted by Crippen LogP contribution is -2.42. The van der Waals surface area contributed by atoms with Crippen LogP contribution < -0.4 is 9.64 Å². The van der Waals surface area contributed by atoms with Crippen molar-refractivity contribution in [1.82, 2.24) is 14.4 Å². The molecule has 0 bridgehead atoms. The van der Waals surface area contributed by atoms with Crippen LogP contribution in [0.1, 0.15) is 68.4 Å². The monoisotopic (exact) mass is 728 g/mol. The van der Waals surface area contributed by atoms with Crippen LogP contribution in [0.4, 0.5) is 5.69 Å². The second-order valence-electron chi connectivity index (χ2n) is 14.3. The van der Waals surface area contributed by atoms with Gasteiger partial charge in [-0.3, -0.25) is 14.4 Å². The van der Waals surface area contributed by atoms with Gasteiger partial charge in [-0.05, 0) is 122 Å². The third-order valence-electron chi connectivity index (χ3n) is 10.9. The van der Waals surface area contributed by atoms with E-state index in [0.717, 1.165) is 65.9 Å². The number of hydrogen-bond acceptors (Lipinski definition) is 5. The second kappa shape index (κ2) is 14.1. The Labute approximate surface area is 314 Å². The lowest BCUT2D eigenvalue weighted by atomic mass is 9.92. The molecule has 0 saturated heterocycles. The molecular formula is C43H41ClN4O5. The zero-order valence-electron chi connectivity index (χ0n) is 29.8. The number of aromatic hydroxyl groups is 1. The third kappa shape index (κ3) is 6.66. The smallest absolute Gasteiger partial charge is 0.261 e. The summed E-state index contributed by atoms with van der Waals surface area (Å²) < 4.78 is 8.01. The van der Waals surface area contributed by atoms with E-state index in [-0.39, 0.29) is 36.1 Å². The summed E-state index contributed by atoms with van der Waals surface area (Å²) in [5.74, 6) is 0.317. The molecule has 3 aliphatic heterocycles. The fraction of sp³-hybridized carbons (Fsp3) is 0.279. The molecular weight excluding hydrogens is 688 g/mol. The van der Waals surface area contributed by atoms with Gasteiger partial charge in [-0.15, -0.1) is 0 Å². The molecule has 1 aromatic heterocycles. The molecule has 8 rings (SSSR count). The molecule has 9 nitrogen and oxygen atoms in total. The van der Waals surface area contributed by atoms with E-state index < -0.39 is 0 Å². The molecule has 1 atom stereocenters. The van der Waals surface area contributed by atoms with E-state index in [4.69, 9.17) is 16.3 Å². The molecule has 0 fully saturated rings. The normalized spacial score (nSPS) is 16.1. The van der Waals surface area contributed by atoms with Gasteiger partial charge < -0.3 is 29.1 Å². The molecule has 5 aromatic rings. The van der Waals surface area contributed by atoms with Gasteiger partial charge in [-0.2, -0.15) is 0 Å². The molecule has 0 spiro atoms. The number of ether oxygens (including phenoxy) is 1. The van der Waals surface area contributed by atoms with Crippen LogP contribution in [0.3, 0.4) is 0 Å². The third-order valence-corrected chi connectivity index (χ3v) is 11.1. The predicted octanol–water partition coefficient (Wildman–Crippen LogP) is 7.64. The van der Waals surface area contributed by atoms with Gasteiger partial charge in [-0.25, -0.2) is 0 Å². The van der Waals surface area contributed by atoms with Gasteiger partial charge in [0.1, 0.15) is 11.5 Å². The average Bonchev–Trinajstić information content (AvgIpc) is 3.78. The van der Waals surface area contributed by atoms with E-state index in [1.54, 1.807) is 65.4 Å². The lowest BCUT2D eigenvalue weighted by molar-refractivity contribution is -0.134. The maximum absolute atomic E-state index is 14.9. The van der Waals surface area contributed by atoms with E-state index >= 15 is 0 Å². The van der Waals surface area contributed by atoms with Gasteiger partial charge in [0.2, 0.25) is 0 Å². The molecule has 3 amide bonds. The number of phenols is 1. The van der Waals surface area contributed by atoms with Crippen molar-refractivity contribution in [2.24, 2.45) is 0 Å². The molecule has 0 saturated carbocycles. The molecule has 53 heavy (non-hydrogen) atoms. The Morgan fingerprint density at radius 3 is 2.32 bits per heavy atom. The minimum atomic E-state index is -0.156. The number of nitrogens with zero attached hydrogens (tertiary/aromatic N) is 4. The number of amides is 3. The Morgan fingerprint density at radius 1 is 0.849 bits per heavy atom. The van der Waals surface area contributed by atoms with E-state index in [1.807, 2.05) is 29.2 Å². The molecule has 0 radical (unpaired) electrons. The summed E-state index contributed by atoms with van der Waals surface area (Å²) in [6.45, 7) is 3.96. The minimum absolute atomic E-state index is 0.0149. The molecule has 4 heterocycles. The second-order valence-corrected chi connectivity index (χ2v) is 14.7. The standard InChI is InChI=1S/C43H41ClN4O5/c1-27-19-28-7-3-4-8-29(28)25-48(27)43(52)37-21-31-24-46(41(50)26-53-35-16-10-32(44)11-17-35)23-30(31)20-36(37)40-22-38(39-9-5-6-18-47(39)40)42(51)45(2)33-12-14-34(49)15-13-33/h3-4,7-8,10-17,20-22,27,49H,5-6,9,18-19,23-26H2,1-2H3/t27-/m1/s1. The molecule has 3 aliphatic rings.